The number of pyridine rings is 1. The van der Waals surface area contributed by atoms with Crippen molar-refractivity contribution in [3.8, 4) is 0 Å². The summed E-state index contributed by atoms with van der Waals surface area (Å²) in [5.74, 6) is 0. The Morgan fingerprint density at radius 1 is 1.24 bits per heavy atom. The van der Waals surface area contributed by atoms with Crippen LogP contribution in [0.15, 0.2) is 52.5 Å². The van der Waals surface area contributed by atoms with E-state index in [1.165, 1.54) is 17.8 Å². The Balaban J connectivity index is 2.40. The molecule has 1 aromatic carbocycles. The van der Waals surface area contributed by atoms with Gasteiger partial charge >= 0.3 is 5.69 Å². The van der Waals surface area contributed by atoms with Crippen molar-refractivity contribution < 1.29 is 4.92 Å². The number of nitrogens with zero attached hydrogens (tertiary/aromatic N) is 2. The second-order valence-corrected chi connectivity index (χ2v) is 4.35. The number of hydrogen-bond acceptors (Lipinski definition) is 5. The molecule has 0 spiro atoms. The van der Waals surface area contributed by atoms with Crippen molar-refractivity contribution in [2.45, 2.75) is 9.79 Å². The van der Waals surface area contributed by atoms with E-state index in [4.69, 9.17) is 5.73 Å². The van der Waals surface area contributed by atoms with Crippen LogP contribution in [0.4, 0.5) is 11.4 Å². The summed E-state index contributed by atoms with van der Waals surface area (Å²) in [6, 6.07) is 8.48. The molecule has 0 aliphatic rings. The first-order valence-electron chi connectivity index (χ1n) is 4.79. The van der Waals surface area contributed by atoms with Gasteiger partial charge in [0.05, 0.1) is 9.82 Å². The number of nitrogens with two attached hydrogens (primary N) is 1. The molecule has 1 aromatic heterocycles. The molecule has 2 rings (SSSR count). The second kappa shape index (κ2) is 4.84. The lowest BCUT2D eigenvalue weighted by atomic mass is 10.3. The fourth-order valence-electron chi connectivity index (χ4n) is 1.35. The summed E-state index contributed by atoms with van der Waals surface area (Å²) in [5, 5.41) is 10.9. The van der Waals surface area contributed by atoms with E-state index in [1.54, 1.807) is 36.7 Å². The van der Waals surface area contributed by atoms with E-state index in [2.05, 4.69) is 4.98 Å². The first kappa shape index (κ1) is 11.4. The fourth-order valence-corrected chi connectivity index (χ4v) is 2.30. The summed E-state index contributed by atoms with van der Waals surface area (Å²) in [6.07, 6.45) is 3.28. The largest absolute Gasteiger partial charge is 0.393 e. The van der Waals surface area contributed by atoms with Gasteiger partial charge in [0.15, 0.2) is 0 Å². The number of nitro benzene ring substituents is 1. The monoisotopic (exact) mass is 247 g/mol. The van der Waals surface area contributed by atoms with Gasteiger partial charge < -0.3 is 5.73 Å². The first-order valence-corrected chi connectivity index (χ1v) is 5.61. The van der Waals surface area contributed by atoms with Gasteiger partial charge in [-0.25, -0.2) is 0 Å². The van der Waals surface area contributed by atoms with E-state index in [-0.39, 0.29) is 11.4 Å². The van der Waals surface area contributed by atoms with Gasteiger partial charge in [0, 0.05) is 17.3 Å². The van der Waals surface area contributed by atoms with E-state index in [9.17, 15) is 10.1 Å². The zero-order valence-electron chi connectivity index (χ0n) is 8.74. The highest BCUT2D eigenvalue weighted by Crippen LogP contribution is 2.37. The molecule has 86 valence electrons. The highest BCUT2D eigenvalue weighted by molar-refractivity contribution is 7.99. The molecule has 0 bridgehead atoms. The third-order valence-corrected chi connectivity index (χ3v) is 3.15. The minimum absolute atomic E-state index is 0.0469. The number of anilines is 1. The lowest BCUT2D eigenvalue weighted by molar-refractivity contribution is -0.386. The van der Waals surface area contributed by atoms with Gasteiger partial charge in [-0.2, -0.15) is 0 Å². The third kappa shape index (κ3) is 2.54. The Bertz CT molecular complexity index is 546. The molecule has 0 radical (unpaired) electrons. The summed E-state index contributed by atoms with van der Waals surface area (Å²) in [7, 11) is 0. The first-order chi connectivity index (χ1) is 8.18. The fraction of sp³-hybridized carbons (Fsp3) is 0. The number of hydrogen-bond donors (Lipinski definition) is 1. The van der Waals surface area contributed by atoms with E-state index in [0.717, 1.165) is 4.90 Å². The van der Waals surface area contributed by atoms with Crippen LogP contribution in [-0.4, -0.2) is 9.91 Å². The number of rotatable bonds is 3. The quantitative estimate of drug-likeness (QED) is 0.512. The maximum atomic E-state index is 10.9. The van der Waals surface area contributed by atoms with Crippen molar-refractivity contribution in [2.75, 3.05) is 5.73 Å². The number of nitro groups is 1. The van der Waals surface area contributed by atoms with Crippen LogP contribution in [0.2, 0.25) is 0 Å². The summed E-state index contributed by atoms with van der Waals surface area (Å²) >= 11 is 1.30. The molecule has 0 fully saturated rings. The van der Waals surface area contributed by atoms with Gasteiger partial charge in [-0.15, -0.1) is 0 Å². The molecule has 6 heteroatoms. The minimum atomic E-state index is -0.459. The van der Waals surface area contributed by atoms with Crippen molar-refractivity contribution in [3.05, 3.63) is 52.8 Å². The smallest absolute Gasteiger partial charge is 0.305 e. The van der Waals surface area contributed by atoms with Crippen LogP contribution in [0.5, 0.6) is 0 Å². The van der Waals surface area contributed by atoms with Gasteiger partial charge in [-0.3, -0.25) is 15.1 Å². The van der Waals surface area contributed by atoms with Crippen molar-refractivity contribution in [1.82, 2.24) is 4.98 Å². The molecule has 0 atom stereocenters. The molecule has 2 N–H and O–H groups in total. The molecule has 0 aliphatic heterocycles. The molecular weight excluding hydrogens is 238 g/mol. The van der Waals surface area contributed by atoms with Gasteiger partial charge in [-0.1, -0.05) is 17.8 Å². The average molecular weight is 247 g/mol. The lowest BCUT2D eigenvalue weighted by Crippen LogP contribution is -1.97. The highest BCUT2D eigenvalue weighted by Gasteiger charge is 2.18. The predicted octanol–water partition coefficient (Wildman–Crippen LogP) is 2.72. The molecule has 0 saturated carbocycles. The van der Waals surface area contributed by atoms with Gasteiger partial charge in [0.1, 0.15) is 5.69 Å². The molecule has 0 saturated heterocycles. The standard InChI is InChI=1S/C11H9N3O2S/c12-9-2-1-3-10(11(9)14(15)16)17-8-4-6-13-7-5-8/h1-7H,12H2. The van der Waals surface area contributed by atoms with Crippen LogP contribution in [0.1, 0.15) is 0 Å². The zero-order chi connectivity index (χ0) is 12.3. The Kier molecular flexibility index (Phi) is 3.24. The molecular formula is C11H9N3O2S. The molecule has 2 aromatic rings. The maximum Gasteiger partial charge on any atom is 0.305 e. The van der Waals surface area contributed by atoms with Crippen LogP contribution < -0.4 is 5.73 Å². The summed E-state index contributed by atoms with van der Waals surface area (Å²) in [4.78, 5) is 15.8. The molecule has 0 unspecified atom stereocenters. The lowest BCUT2D eigenvalue weighted by Gasteiger charge is -2.04. The van der Waals surface area contributed by atoms with E-state index in [1.807, 2.05) is 0 Å². The topological polar surface area (TPSA) is 82.0 Å². The third-order valence-electron chi connectivity index (χ3n) is 2.09. The van der Waals surface area contributed by atoms with Gasteiger partial charge in [0.25, 0.3) is 0 Å². The number of aromatic nitrogens is 1. The van der Waals surface area contributed by atoms with Crippen LogP contribution >= 0.6 is 11.8 Å². The van der Waals surface area contributed by atoms with Crippen molar-refractivity contribution >= 4 is 23.1 Å². The Hall–Kier alpha value is -2.08. The Labute approximate surface area is 102 Å². The molecule has 0 aliphatic carbocycles. The summed E-state index contributed by atoms with van der Waals surface area (Å²) in [5.41, 5.74) is 5.74. The molecule has 0 amide bonds. The Morgan fingerprint density at radius 2 is 1.94 bits per heavy atom. The summed E-state index contributed by atoms with van der Waals surface area (Å²) < 4.78 is 0. The van der Waals surface area contributed by atoms with Crippen LogP contribution in [0, 0.1) is 10.1 Å². The van der Waals surface area contributed by atoms with E-state index >= 15 is 0 Å². The SMILES string of the molecule is Nc1cccc(Sc2ccncc2)c1[N+](=O)[O-]. The second-order valence-electron chi connectivity index (χ2n) is 3.24. The maximum absolute atomic E-state index is 10.9. The minimum Gasteiger partial charge on any atom is -0.393 e. The summed E-state index contributed by atoms with van der Waals surface area (Å²) in [6.45, 7) is 0. The van der Waals surface area contributed by atoms with Crippen LogP contribution in [-0.2, 0) is 0 Å². The average Bonchev–Trinajstić information content (AvgIpc) is 2.30. The molecule has 5 nitrogen and oxygen atoms in total. The van der Waals surface area contributed by atoms with E-state index < -0.39 is 4.92 Å². The number of nitrogen functional groups attached to an aromatic ring is 1. The molecule has 17 heavy (non-hydrogen) atoms. The molecule has 1 heterocycles. The van der Waals surface area contributed by atoms with Crippen molar-refractivity contribution in [2.24, 2.45) is 0 Å². The van der Waals surface area contributed by atoms with Gasteiger partial charge in [0.2, 0.25) is 0 Å². The zero-order valence-corrected chi connectivity index (χ0v) is 9.55. The Morgan fingerprint density at radius 3 is 2.59 bits per heavy atom. The van der Waals surface area contributed by atoms with Crippen LogP contribution in [0.25, 0.3) is 0 Å². The van der Waals surface area contributed by atoms with Crippen molar-refractivity contribution in [3.63, 3.8) is 0 Å². The normalized spacial score (nSPS) is 10.1. The number of para-hydroxylation sites is 1. The van der Waals surface area contributed by atoms with Crippen LogP contribution in [0.3, 0.4) is 0 Å². The van der Waals surface area contributed by atoms with E-state index in [0.29, 0.717) is 4.90 Å². The predicted molar refractivity (Wildman–Crippen MR) is 65.9 cm³/mol. The highest BCUT2D eigenvalue weighted by atomic mass is 32.2. The van der Waals surface area contributed by atoms with Crippen molar-refractivity contribution in [1.29, 1.82) is 0 Å². The number of benzene rings is 1. The van der Waals surface area contributed by atoms with Gasteiger partial charge in [-0.05, 0) is 24.3 Å².